The molecule has 0 atom stereocenters. The maximum absolute atomic E-state index is 10.9. The fourth-order valence-electron chi connectivity index (χ4n) is 0.746. The Morgan fingerprint density at radius 2 is 1.93 bits per heavy atom. The fourth-order valence-corrected chi connectivity index (χ4v) is 1.81. The van der Waals surface area contributed by atoms with Crippen molar-refractivity contribution in [2.45, 2.75) is 13.3 Å². The monoisotopic (exact) mass is 223 g/mol. The molecule has 0 bridgehead atoms. The molecule has 0 unspecified atom stereocenters. The van der Waals surface area contributed by atoms with Crippen LogP contribution in [-0.2, 0) is 24.2 Å². The van der Waals surface area contributed by atoms with Crippen molar-refractivity contribution < 1.29 is 27.9 Å². The van der Waals surface area contributed by atoms with E-state index in [0.717, 1.165) is 0 Å². The first kappa shape index (κ1) is 12.9. The summed E-state index contributed by atoms with van der Waals surface area (Å²) in [6.07, 6.45) is 0.0925. The Balaban J connectivity index is 3.78. The van der Waals surface area contributed by atoms with Crippen LogP contribution in [0.4, 0.5) is 0 Å². The molecule has 14 heavy (non-hydrogen) atoms. The van der Waals surface area contributed by atoms with Crippen molar-refractivity contribution in [3.63, 3.8) is 0 Å². The van der Waals surface area contributed by atoms with Crippen LogP contribution in [0.1, 0.15) is 13.3 Å². The molecule has 0 heterocycles. The Kier molecular flexibility index (Phi) is 5.14. The van der Waals surface area contributed by atoms with Crippen LogP contribution in [0.5, 0.6) is 0 Å². The van der Waals surface area contributed by atoms with E-state index in [4.69, 9.17) is 0 Å². The van der Waals surface area contributed by atoms with Gasteiger partial charge in [-0.1, -0.05) is 0 Å². The van der Waals surface area contributed by atoms with Crippen LogP contribution < -0.4 is 5.11 Å². The lowest BCUT2D eigenvalue weighted by molar-refractivity contribution is -0.301. The number of rotatable bonds is 6. The van der Waals surface area contributed by atoms with Gasteiger partial charge in [0.1, 0.15) is 0 Å². The number of esters is 1. The molecule has 6 nitrogen and oxygen atoms in total. The zero-order valence-corrected chi connectivity index (χ0v) is 8.50. The molecular weight excluding hydrogens is 212 g/mol. The van der Waals surface area contributed by atoms with Crippen molar-refractivity contribution >= 4 is 21.8 Å². The minimum atomic E-state index is -3.63. The van der Waals surface area contributed by atoms with Gasteiger partial charge < -0.3 is 14.6 Å². The highest BCUT2D eigenvalue weighted by Crippen LogP contribution is 1.94. The van der Waals surface area contributed by atoms with Crippen molar-refractivity contribution in [3.05, 3.63) is 0 Å². The molecule has 7 heteroatoms. The fraction of sp³-hybridized carbons (Fsp3) is 0.714. The van der Waals surface area contributed by atoms with Crippen molar-refractivity contribution in [1.82, 2.24) is 0 Å². The third kappa shape index (κ3) is 7.53. The normalized spacial score (nSPS) is 10.9. The van der Waals surface area contributed by atoms with E-state index in [1.807, 2.05) is 0 Å². The van der Waals surface area contributed by atoms with E-state index in [9.17, 15) is 23.1 Å². The molecule has 0 spiro atoms. The summed E-state index contributed by atoms with van der Waals surface area (Å²) in [5.41, 5.74) is 0. The minimum Gasteiger partial charge on any atom is -0.549 e. The third-order valence-corrected chi connectivity index (χ3v) is 2.83. The van der Waals surface area contributed by atoms with E-state index in [0.29, 0.717) is 0 Å². The van der Waals surface area contributed by atoms with Gasteiger partial charge in [0.15, 0.2) is 9.84 Å². The van der Waals surface area contributed by atoms with Crippen LogP contribution in [0.2, 0.25) is 0 Å². The van der Waals surface area contributed by atoms with Crippen LogP contribution in [0, 0.1) is 0 Å². The molecule has 0 fully saturated rings. The molecule has 0 radical (unpaired) electrons. The summed E-state index contributed by atoms with van der Waals surface area (Å²) in [5.74, 6) is -3.44. The molecule has 0 saturated carbocycles. The predicted molar refractivity (Wildman–Crippen MR) is 44.9 cm³/mol. The topological polar surface area (TPSA) is 101 Å². The molecule has 82 valence electrons. The first-order chi connectivity index (χ1) is 6.33. The molecule has 0 aromatic heterocycles. The van der Waals surface area contributed by atoms with Crippen LogP contribution >= 0.6 is 0 Å². The summed E-state index contributed by atoms with van der Waals surface area (Å²) in [7, 11) is -3.63. The van der Waals surface area contributed by atoms with Gasteiger partial charge in [-0.3, -0.25) is 4.79 Å². The second-order valence-corrected chi connectivity index (χ2v) is 4.84. The zero-order chi connectivity index (χ0) is 11.2. The molecule has 0 aliphatic carbocycles. The van der Waals surface area contributed by atoms with E-state index in [2.05, 4.69) is 4.74 Å². The number of carboxylic acids is 1. The number of carboxylic acid groups (broad SMARTS) is 1. The van der Waals surface area contributed by atoms with Crippen molar-refractivity contribution in [3.8, 4) is 0 Å². The zero-order valence-electron chi connectivity index (χ0n) is 7.69. The van der Waals surface area contributed by atoms with Gasteiger partial charge in [-0.15, -0.1) is 0 Å². The lowest BCUT2D eigenvalue weighted by Crippen LogP contribution is -2.32. The van der Waals surface area contributed by atoms with Gasteiger partial charge in [0.25, 0.3) is 0 Å². The Morgan fingerprint density at radius 1 is 1.36 bits per heavy atom. The summed E-state index contributed by atoms with van der Waals surface area (Å²) in [4.78, 5) is 20.3. The van der Waals surface area contributed by atoms with E-state index in [-0.39, 0.29) is 18.8 Å². The van der Waals surface area contributed by atoms with Crippen molar-refractivity contribution in [1.29, 1.82) is 0 Å². The standard InChI is InChI=1S/C7H12O6S/c1-6(8)13-3-2-4-14(11,12)5-7(9)10/h2-5H2,1H3,(H,9,10)/p-1. The summed E-state index contributed by atoms with van der Waals surface area (Å²) in [5, 5.41) is 9.98. The van der Waals surface area contributed by atoms with E-state index in [1.165, 1.54) is 6.92 Å². The molecule has 0 saturated heterocycles. The summed E-state index contributed by atoms with van der Waals surface area (Å²) in [6, 6.07) is 0. The van der Waals surface area contributed by atoms with E-state index >= 15 is 0 Å². The maximum Gasteiger partial charge on any atom is 0.302 e. The Hall–Kier alpha value is -1.11. The molecule has 0 aliphatic heterocycles. The number of aliphatic carboxylic acids is 1. The highest BCUT2D eigenvalue weighted by molar-refractivity contribution is 7.92. The van der Waals surface area contributed by atoms with Crippen molar-refractivity contribution in [2.75, 3.05) is 18.1 Å². The molecule has 0 aromatic rings. The quantitative estimate of drug-likeness (QED) is 0.385. The van der Waals surface area contributed by atoms with Crippen LogP contribution in [0.25, 0.3) is 0 Å². The van der Waals surface area contributed by atoms with Gasteiger partial charge in [0.2, 0.25) is 0 Å². The SMILES string of the molecule is CC(=O)OCCCS(=O)(=O)CC(=O)[O-]. The summed E-state index contributed by atoms with van der Waals surface area (Å²) in [6.45, 7) is 1.18. The van der Waals surface area contributed by atoms with Gasteiger partial charge in [0.05, 0.1) is 24.1 Å². The van der Waals surface area contributed by atoms with E-state index < -0.39 is 27.5 Å². The average Bonchev–Trinajstić information content (AvgIpc) is 1.95. The molecule has 0 aliphatic rings. The minimum absolute atomic E-state index is 0.0262. The average molecular weight is 223 g/mol. The summed E-state index contributed by atoms with van der Waals surface area (Å²) >= 11 is 0. The second kappa shape index (κ2) is 5.58. The lowest BCUT2D eigenvalue weighted by Gasteiger charge is -2.04. The largest absolute Gasteiger partial charge is 0.549 e. The summed E-state index contributed by atoms with van der Waals surface area (Å²) < 4.78 is 26.3. The first-order valence-electron chi connectivity index (χ1n) is 3.87. The first-order valence-corrected chi connectivity index (χ1v) is 5.69. The lowest BCUT2D eigenvalue weighted by atomic mass is 10.5. The Labute approximate surface area is 81.8 Å². The van der Waals surface area contributed by atoms with Crippen molar-refractivity contribution in [2.24, 2.45) is 0 Å². The molecule has 0 aromatic carbocycles. The maximum atomic E-state index is 10.9. The molecule has 0 N–H and O–H groups in total. The molecular formula is C7H11O6S-. The Morgan fingerprint density at radius 3 is 2.36 bits per heavy atom. The number of sulfone groups is 1. The predicted octanol–water partition coefficient (Wildman–Crippen LogP) is -1.90. The van der Waals surface area contributed by atoms with Crippen LogP contribution in [-0.4, -0.2) is 38.5 Å². The van der Waals surface area contributed by atoms with Gasteiger partial charge in [-0.2, -0.15) is 0 Å². The molecule has 0 amide bonds. The highest BCUT2D eigenvalue weighted by Gasteiger charge is 2.10. The third-order valence-electron chi connectivity index (χ3n) is 1.24. The van der Waals surface area contributed by atoms with Gasteiger partial charge >= 0.3 is 5.97 Å². The van der Waals surface area contributed by atoms with Crippen LogP contribution in [0.15, 0.2) is 0 Å². The second-order valence-electron chi connectivity index (χ2n) is 2.66. The number of carbonyl (C=O) groups excluding carboxylic acids is 2. The number of carbonyl (C=O) groups is 2. The van der Waals surface area contributed by atoms with Gasteiger partial charge in [-0.05, 0) is 6.42 Å². The van der Waals surface area contributed by atoms with Gasteiger partial charge in [0, 0.05) is 6.92 Å². The highest BCUT2D eigenvalue weighted by atomic mass is 32.2. The number of hydrogen-bond acceptors (Lipinski definition) is 6. The van der Waals surface area contributed by atoms with E-state index in [1.54, 1.807) is 0 Å². The number of ether oxygens (including phenoxy) is 1. The van der Waals surface area contributed by atoms with Crippen LogP contribution in [0.3, 0.4) is 0 Å². The number of hydrogen-bond donors (Lipinski definition) is 0. The van der Waals surface area contributed by atoms with Gasteiger partial charge in [-0.25, -0.2) is 8.42 Å². The molecule has 0 rings (SSSR count). The Bertz CT molecular complexity index is 304. The smallest absolute Gasteiger partial charge is 0.302 e.